The van der Waals surface area contributed by atoms with E-state index >= 15 is 0 Å². The van der Waals surface area contributed by atoms with E-state index in [4.69, 9.17) is 0 Å². The summed E-state index contributed by atoms with van der Waals surface area (Å²) in [7, 11) is 2.02. The third-order valence-corrected chi connectivity index (χ3v) is 3.68. The first-order valence-corrected chi connectivity index (χ1v) is 6.81. The van der Waals surface area contributed by atoms with E-state index in [1.165, 1.54) is 12.1 Å². The zero-order valence-electron chi connectivity index (χ0n) is 11.4. The van der Waals surface area contributed by atoms with E-state index in [1.54, 1.807) is 0 Å². The molecule has 1 amide bonds. The van der Waals surface area contributed by atoms with Crippen LogP contribution in [0.15, 0.2) is 18.3 Å². The molecule has 0 saturated carbocycles. The molecule has 1 atom stereocenters. The van der Waals surface area contributed by atoms with Gasteiger partial charge in [0.1, 0.15) is 0 Å². The van der Waals surface area contributed by atoms with Crippen LogP contribution >= 0.6 is 0 Å². The van der Waals surface area contributed by atoms with Gasteiger partial charge >= 0.3 is 0 Å². The van der Waals surface area contributed by atoms with Gasteiger partial charge in [0.05, 0.1) is 6.04 Å². The fourth-order valence-electron chi connectivity index (χ4n) is 2.41. The molecule has 1 aliphatic heterocycles. The normalized spacial score (nSPS) is 17.8. The summed E-state index contributed by atoms with van der Waals surface area (Å²) in [6.07, 6.45) is 5.58. The maximum atomic E-state index is 12.2. The highest BCUT2D eigenvalue weighted by Gasteiger charge is 2.21. The van der Waals surface area contributed by atoms with Crippen LogP contribution in [0, 0.1) is 0 Å². The Morgan fingerprint density at radius 2 is 2.11 bits per heavy atom. The lowest BCUT2D eigenvalue weighted by atomic mass is 10.1. The Morgan fingerprint density at radius 1 is 1.39 bits per heavy atom. The maximum Gasteiger partial charge on any atom is 0.239 e. The minimum absolute atomic E-state index is 0.0991. The number of rotatable bonds is 4. The molecule has 4 nitrogen and oxygen atoms in total. The van der Waals surface area contributed by atoms with Gasteiger partial charge in [0.15, 0.2) is 0 Å². The number of likely N-dealkylation sites (tertiary alicyclic amines) is 1. The summed E-state index contributed by atoms with van der Waals surface area (Å²) in [5.41, 5.74) is 1.20. The zero-order chi connectivity index (χ0) is 13.0. The van der Waals surface area contributed by atoms with Crippen molar-refractivity contribution >= 4 is 5.91 Å². The molecule has 100 valence electrons. The van der Waals surface area contributed by atoms with Crippen molar-refractivity contribution in [3.63, 3.8) is 0 Å². The molecule has 0 spiro atoms. The second-order valence-electron chi connectivity index (χ2n) is 5.10. The molecule has 1 unspecified atom stereocenters. The Bertz CT molecular complexity index is 393. The van der Waals surface area contributed by atoms with Gasteiger partial charge in [-0.2, -0.15) is 0 Å². The number of hydrogen-bond donors (Lipinski definition) is 1. The number of nitrogens with one attached hydrogen (secondary N) is 1. The van der Waals surface area contributed by atoms with Crippen LogP contribution in [-0.4, -0.2) is 34.5 Å². The molecule has 1 fully saturated rings. The van der Waals surface area contributed by atoms with Gasteiger partial charge in [0.25, 0.3) is 0 Å². The summed E-state index contributed by atoms with van der Waals surface area (Å²) in [4.78, 5) is 14.2. The lowest BCUT2D eigenvalue weighted by molar-refractivity contribution is -0.133. The number of hydrogen-bond acceptors (Lipinski definition) is 2. The number of amides is 1. The van der Waals surface area contributed by atoms with E-state index in [2.05, 4.69) is 16.0 Å². The summed E-state index contributed by atoms with van der Waals surface area (Å²) in [6, 6.07) is 4.00. The predicted molar refractivity (Wildman–Crippen MR) is 72.1 cm³/mol. The second-order valence-corrected chi connectivity index (χ2v) is 5.10. The Labute approximate surface area is 109 Å². The Hall–Kier alpha value is -1.29. The Morgan fingerprint density at radius 3 is 2.72 bits per heavy atom. The molecule has 4 heteroatoms. The monoisotopic (exact) mass is 249 g/mol. The van der Waals surface area contributed by atoms with Crippen LogP contribution in [0.1, 0.15) is 31.9 Å². The maximum absolute atomic E-state index is 12.2. The van der Waals surface area contributed by atoms with Crippen LogP contribution in [0.5, 0.6) is 0 Å². The number of aryl methyl sites for hydroxylation is 1. The minimum atomic E-state index is -0.0991. The van der Waals surface area contributed by atoms with Crippen LogP contribution in [-0.2, 0) is 18.4 Å². The van der Waals surface area contributed by atoms with Crippen molar-refractivity contribution in [2.45, 2.75) is 38.8 Å². The van der Waals surface area contributed by atoms with E-state index in [0.29, 0.717) is 0 Å². The molecule has 1 aromatic rings. The fraction of sp³-hybridized carbons (Fsp3) is 0.643. The third-order valence-electron chi connectivity index (χ3n) is 3.68. The molecule has 2 heterocycles. The van der Waals surface area contributed by atoms with E-state index in [1.807, 2.05) is 31.1 Å². The fourth-order valence-corrected chi connectivity index (χ4v) is 2.41. The van der Waals surface area contributed by atoms with E-state index in [9.17, 15) is 4.79 Å². The van der Waals surface area contributed by atoms with Gasteiger partial charge in [0.2, 0.25) is 5.91 Å². The summed E-state index contributed by atoms with van der Waals surface area (Å²) in [5.74, 6) is 0.240. The number of carbonyl (C=O) groups excluding carboxylic acids is 1. The van der Waals surface area contributed by atoms with Gasteiger partial charge in [-0.1, -0.05) is 0 Å². The average molecular weight is 249 g/mol. The van der Waals surface area contributed by atoms with Crippen molar-refractivity contribution in [3.8, 4) is 0 Å². The van der Waals surface area contributed by atoms with E-state index < -0.39 is 0 Å². The van der Waals surface area contributed by atoms with Crippen LogP contribution < -0.4 is 5.32 Å². The van der Waals surface area contributed by atoms with E-state index in [0.717, 1.165) is 32.5 Å². The molecular weight excluding hydrogens is 226 g/mol. The van der Waals surface area contributed by atoms with Gasteiger partial charge in [-0.05, 0) is 38.3 Å². The quantitative estimate of drug-likeness (QED) is 0.878. The van der Waals surface area contributed by atoms with E-state index in [-0.39, 0.29) is 11.9 Å². The Kier molecular flexibility index (Phi) is 4.42. The summed E-state index contributed by atoms with van der Waals surface area (Å²) in [5, 5.41) is 3.31. The lowest BCUT2D eigenvalue weighted by Crippen LogP contribution is -2.46. The number of nitrogens with zero attached hydrogens (tertiary/aromatic N) is 2. The van der Waals surface area contributed by atoms with Gasteiger partial charge in [-0.3, -0.25) is 4.79 Å². The first-order valence-electron chi connectivity index (χ1n) is 6.81. The lowest BCUT2D eigenvalue weighted by Gasteiger charge is -2.29. The van der Waals surface area contributed by atoms with Crippen LogP contribution in [0.2, 0.25) is 0 Å². The number of piperidine rings is 1. The summed E-state index contributed by atoms with van der Waals surface area (Å²) in [6.45, 7) is 4.55. The minimum Gasteiger partial charge on any atom is -0.353 e. The highest BCUT2D eigenvalue weighted by atomic mass is 16.2. The molecule has 1 saturated heterocycles. The van der Waals surface area contributed by atoms with Crippen LogP contribution in [0.3, 0.4) is 0 Å². The topological polar surface area (TPSA) is 37.3 Å². The van der Waals surface area contributed by atoms with Crippen molar-refractivity contribution in [1.82, 2.24) is 14.8 Å². The molecule has 1 aromatic heterocycles. The van der Waals surface area contributed by atoms with Crippen molar-refractivity contribution in [2.24, 2.45) is 7.05 Å². The third kappa shape index (κ3) is 3.13. The van der Waals surface area contributed by atoms with Crippen LogP contribution in [0.4, 0.5) is 0 Å². The standard InChI is InChI=1S/C14H23N3O/c1-12(14(18)17-9-4-3-5-10-17)15-11-13-7-6-8-16(13)2/h6-8,12,15H,3-5,9-11H2,1-2H3. The number of aromatic nitrogens is 1. The van der Waals surface area contributed by atoms with Crippen LogP contribution in [0.25, 0.3) is 0 Å². The highest BCUT2D eigenvalue weighted by Crippen LogP contribution is 2.10. The van der Waals surface area contributed by atoms with Gasteiger partial charge in [-0.25, -0.2) is 0 Å². The molecule has 0 radical (unpaired) electrons. The largest absolute Gasteiger partial charge is 0.353 e. The molecule has 0 aromatic carbocycles. The molecular formula is C14H23N3O. The van der Waals surface area contributed by atoms with Crippen molar-refractivity contribution in [1.29, 1.82) is 0 Å². The molecule has 18 heavy (non-hydrogen) atoms. The predicted octanol–water partition coefficient (Wildman–Crippen LogP) is 1.52. The molecule has 0 aliphatic carbocycles. The first kappa shape index (κ1) is 13.1. The molecule has 1 N–H and O–H groups in total. The second kappa shape index (κ2) is 6.05. The van der Waals surface area contributed by atoms with Crippen molar-refractivity contribution in [3.05, 3.63) is 24.0 Å². The van der Waals surface area contributed by atoms with Gasteiger partial charge < -0.3 is 14.8 Å². The smallest absolute Gasteiger partial charge is 0.239 e. The zero-order valence-corrected chi connectivity index (χ0v) is 11.4. The molecule has 1 aliphatic rings. The molecule has 0 bridgehead atoms. The average Bonchev–Trinajstić information content (AvgIpc) is 2.81. The highest BCUT2D eigenvalue weighted by molar-refractivity contribution is 5.81. The summed E-state index contributed by atoms with van der Waals surface area (Å²) >= 11 is 0. The number of carbonyl (C=O) groups is 1. The summed E-state index contributed by atoms with van der Waals surface area (Å²) < 4.78 is 2.07. The van der Waals surface area contributed by atoms with Gasteiger partial charge in [-0.15, -0.1) is 0 Å². The first-order chi connectivity index (χ1) is 8.68. The van der Waals surface area contributed by atoms with Crippen molar-refractivity contribution < 1.29 is 4.79 Å². The van der Waals surface area contributed by atoms with Gasteiger partial charge in [0, 0.05) is 38.6 Å². The SMILES string of the molecule is CC(NCc1cccn1C)C(=O)N1CCCCC1. The Balaban J connectivity index is 1.82. The molecule has 2 rings (SSSR count). The van der Waals surface area contributed by atoms with Crippen molar-refractivity contribution in [2.75, 3.05) is 13.1 Å².